The van der Waals surface area contributed by atoms with Crippen molar-refractivity contribution in [2.45, 2.75) is 0 Å². The molecule has 1 saturated heterocycles. The summed E-state index contributed by atoms with van der Waals surface area (Å²) < 4.78 is 0. The molecule has 1 amide bonds. The lowest BCUT2D eigenvalue weighted by Gasteiger charge is -2.29. The van der Waals surface area contributed by atoms with Gasteiger partial charge in [0.25, 0.3) is 5.91 Å². The van der Waals surface area contributed by atoms with Gasteiger partial charge in [0, 0.05) is 31.6 Å². The number of H-pyrrole nitrogens is 1. The molecule has 3 aromatic rings. The first-order chi connectivity index (χ1) is 12.3. The highest BCUT2D eigenvalue weighted by Crippen LogP contribution is 2.20. The second-order valence-corrected chi connectivity index (χ2v) is 6.32. The predicted molar refractivity (Wildman–Crippen MR) is 94.8 cm³/mol. The van der Waals surface area contributed by atoms with Crippen molar-refractivity contribution in [2.75, 3.05) is 36.4 Å². The van der Waals surface area contributed by atoms with Crippen LogP contribution in [0, 0.1) is 0 Å². The monoisotopic (exact) mass is 356 g/mol. The maximum Gasteiger partial charge on any atom is 0.276 e. The van der Waals surface area contributed by atoms with Crippen molar-refractivity contribution in [3.63, 3.8) is 0 Å². The molecule has 4 heterocycles. The molecule has 3 aromatic heterocycles. The Bertz CT molecular complexity index is 839. The Morgan fingerprint density at radius 2 is 2.12 bits per heavy atom. The molecule has 4 rings (SSSR count). The Labute approximate surface area is 147 Å². The lowest BCUT2D eigenvalue weighted by atomic mass is 10.3. The van der Waals surface area contributed by atoms with Gasteiger partial charge in [-0.25, -0.2) is 15.0 Å². The van der Waals surface area contributed by atoms with Gasteiger partial charge in [0.1, 0.15) is 17.8 Å². The van der Waals surface area contributed by atoms with E-state index in [2.05, 4.69) is 40.7 Å². The molecule has 0 aromatic carbocycles. The molecule has 0 aliphatic carbocycles. The molecule has 0 radical (unpaired) electrons. The van der Waals surface area contributed by atoms with E-state index in [1.165, 1.54) is 17.7 Å². The van der Waals surface area contributed by atoms with Gasteiger partial charge in [-0.05, 0) is 12.1 Å². The number of anilines is 2. The predicted octanol–water partition coefficient (Wildman–Crippen LogP) is 0.985. The highest BCUT2D eigenvalue weighted by atomic mass is 32.1. The average molecular weight is 356 g/mol. The van der Waals surface area contributed by atoms with Crippen molar-refractivity contribution in [2.24, 2.45) is 0 Å². The molecule has 0 bridgehead atoms. The highest BCUT2D eigenvalue weighted by molar-refractivity contribution is 7.13. The van der Waals surface area contributed by atoms with Crippen LogP contribution in [0.5, 0.6) is 0 Å². The quantitative estimate of drug-likeness (QED) is 0.639. The van der Waals surface area contributed by atoms with Crippen molar-refractivity contribution < 1.29 is 4.79 Å². The molecular weight excluding hydrogens is 340 g/mol. The maximum absolute atomic E-state index is 12.3. The van der Waals surface area contributed by atoms with Gasteiger partial charge in [0.05, 0.1) is 11.9 Å². The molecule has 0 unspecified atom stereocenters. The molecule has 25 heavy (non-hydrogen) atoms. The molecule has 3 N–H and O–H groups in total. The van der Waals surface area contributed by atoms with Gasteiger partial charge in [-0.15, -0.1) is 11.3 Å². The minimum absolute atomic E-state index is 0.301. The summed E-state index contributed by atoms with van der Waals surface area (Å²) >= 11 is 1.33. The second kappa shape index (κ2) is 6.95. The third-order valence-corrected chi connectivity index (χ3v) is 4.68. The van der Waals surface area contributed by atoms with Crippen LogP contribution in [0.15, 0.2) is 30.0 Å². The van der Waals surface area contributed by atoms with Gasteiger partial charge < -0.3 is 15.5 Å². The lowest BCUT2D eigenvalue weighted by Crippen LogP contribution is -2.43. The zero-order chi connectivity index (χ0) is 17.1. The molecule has 1 aliphatic heterocycles. The summed E-state index contributed by atoms with van der Waals surface area (Å²) in [6.45, 7) is 3.85. The lowest BCUT2D eigenvalue weighted by molar-refractivity contribution is 0.102. The SMILES string of the molecule is O=C(Nc1ccc(N2CCNCC2)cn1)c1csc(-c2ncn[nH]2)n1. The Kier molecular flexibility index (Phi) is 4.36. The molecule has 1 fully saturated rings. The first-order valence-electron chi connectivity index (χ1n) is 7.84. The van der Waals surface area contributed by atoms with E-state index in [0.717, 1.165) is 31.9 Å². The van der Waals surface area contributed by atoms with E-state index in [1.54, 1.807) is 17.6 Å². The number of piperazine rings is 1. The number of amides is 1. The number of nitrogens with one attached hydrogen (secondary N) is 3. The molecular formula is C15H16N8OS. The number of rotatable bonds is 4. The fourth-order valence-corrected chi connectivity index (χ4v) is 3.29. The number of aromatic nitrogens is 5. The first kappa shape index (κ1) is 15.7. The zero-order valence-corrected chi connectivity index (χ0v) is 14.1. The second-order valence-electron chi connectivity index (χ2n) is 5.46. The van der Waals surface area contributed by atoms with Crippen LogP contribution < -0.4 is 15.5 Å². The van der Waals surface area contributed by atoms with Gasteiger partial charge >= 0.3 is 0 Å². The number of aromatic amines is 1. The van der Waals surface area contributed by atoms with Crippen LogP contribution in [0.2, 0.25) is 0 Å². The Morgan fingerprint density at radius 3 is 2.84 bits per heavy atom. The van der Waals surface area contributed by atoms with Gasteiger partial charge in [-0.1, -0.05) is 0 Å². The fraction of sp³-hybridized carbons (Fsp3) is 0.267. The van der Waals surface area contributed by atoms with Crippen LogP contribution in [0.4, 0.5) is 11.5 Å². The summed E-state index contributed by atoms with van der Waals surface area (Å²) in [5.41, 5.74) is 1.38. The minimum atomic E-state index is -0.301. The Morgan fingerprint density at radius 1 is 1.24 bits per heavy atom. The maximum atomic E-state index is 12.3. The van der Waals surface area contributed by atoms with Crippen LogP contribution in [0.25, 0.3) is 10.8 Å². The Balaban J connectivity index is 1.42. The normalized spacial score (nSPS) is 14.5. The van der Waals surface area contributed by atoms with Crippen molar-refractivity contribution in [1.29, 1.82) is 0 Å². The van der Waals surface area contributed by atoms with Crippen molar-refractivity contribution >= 4 is 28.7 Å². The van der Waals surface area contributed by atoms with E-state index in [1.807, 2.05) is 6.07 Å². The summed E-state index contributed by atoms with van der Waals surface area (Å²) in [6.07, 6.45) is 3.18. The van der Waals surface area contributed by atoms with E-state index < -0.39 is 0 Å². The summed E-state index contributed by atoms with van der Waals surface area (Å²) in [7, 11) is 0. The van der Waals surface area contributed by atoms with Crippen LogP contribution in [0.1, 0.15) is 10.5 Å². The molecule has 10 heteroatoms. The topological polar surface area (TPSA) is 112 Å². The number of carbonyl (C=O) groups is 1. The van der Waals surface area contributed by atoms with Gasteiger partial charge in [-0.3, -0.25) is 9.89 Å². The van der Waals surface area contributed by atoms with Crippen LogP contribution in [-0.2, 0) is 0 Å². The van der Waals surface area contributed by atoms with Gasteiger partial charge in [0.2, 0.25) is 0 Å². The summed E-state index contributed by atoms with van der Waals surface area (Å²) in [5.74, 6) is 0.741. The van der Waals surface area contributed by atoms with Gasteiger partial charge in [0.15, 0.2) is 10.8 Å². The van der Waals surface area contributed by atoms with Crippen molar-refractivity contribution in [3.05, 3.63) is 35.7 Å². The first-order valence-corrected chi connectivity index (χ1v) is 8.72. The van der Waals surface area contributed by atoms with Crippen LogP contribution in [-0.4, -0.2) is 57.2 Å². The van der Waals surface area contributed by atoms with Crippen LogP contribution >= 0.6 is 11.3 Å². The van der Waals surface area contributed by atoms with E-state index in [9.17, 15) is 4.79 Å². The third kappa shape index (κ3) is 3.49. The molecule has 0 atom stereocenters. The van der Waals surface area contributed by atoms with E-state index in [0.29, 0.717) is 22.3 Å². The number of thiazole rings is 1. The summed E-state index contributed by atoms with van der Waals surface area (Å²) in [4.78, 5) is 27.2. The molecule has 9 nitrogen and oxygen atoms in total. The third-order valence-electron chi connectivity index (χ3n) is 3.83. The molecule has 128 valence electrons. The summed E-state index contributed by atoms with van der Waals surface area (Å²) in [6, 6.07) is 3.77. The van der Waals surface area contributed by atoms with E-state index in [4.69, 9.17) is 0 Å². The number of nitrogens with zero attached hydrogens (tertiary/aromatic N) is 5. The van der Waals surface area contributed by atoms with Crippen molar-refractivity contribution in [1.82, 2.24) is 30.5 Å². The zero-order valence-electron chi connectivity index (χ0n) is 13.3. The van der Waals surface area contributed by atoms with Gasteiger partial charge in [-0.2, -0.15) is 5.10 Å². The summed E-state index contributed by atoms with van der Waals surface area (Å²) in [5, 5.41) is 14.9. The Hall–Kier alpha value is -2.85. The number of carbonyl (C=O) groups excluding carboxylic acids is 1. The molecule has 0 saturated carbocycles. The molecule has 1 aliphatic rings. The number of pyridine rings is 1. The largest absolute Gasteiger partial charge is 0.368 e. The average Bonchev–Trinajstić information content (AvgIpc) is 3.35. The smallest absolute Gasteiger partial charge is 0.276 e. The van der Waals surface area contributed by atoms with E-state index in [-0.39, 0.29) is 5.91 Å². The van der Waals surface area contributed by atoms with E-state index >= 15 is 0 Å². The minimum Gasteiger partial charge on any atom is -0.368 e. The van der Waals surface area contributed by atoms with Crippen molar-refractivity contribution in [3.8, 4) is 10.8 Å². The fourth-order valence-electron chi connectivity index (χ4n) is 2.55. The molecule has 0 spiro atoms. The van der Waals surface area contributed by atoms with Crippen LogP contribution in [0.3, 0.4) is 0 Å². The number of hydrogen-bond donors (Lipinski definition) is 3. The standard InChI is InChI=1S/C15H16N8OS/c24-14(11-8-25-15(20-11)13-18-9-19-22-13)21-12-2-1-10(7-17-12)23-5-3-16-4-6-23/h1-2,7-9,16H,3-6H2,(H,17,21,24)(H,18,19,22). The number of hydrogen-bond acceptors (Lipinski definition) is 8. The highest BCUT2D eigenvalue weighted by Gasteiger charge is 2.15.